The van der Waals surface area contributed by atoms with E-state index in [4.69, 9.17) is 0 Å². The van der Waals surface area contributed by atoms with Crippen molar-refractivity contribution >= 4 is 17.2 Å². The lowest BCUT2D eigenvalue weighted by molar-refractivity contribution is 0.0435. The van der Waals surface area contributed by atoms with Crippen LogP contribution >= 0.6 is 11.3 Å². The van der Waals surface area contributed by atoms with Crippen LogP contribution in [0.3, 0.4) is 0 Å². The van der Waals surface area contributed by atoms with E-state index in [1.54, 1.807) is 0 Å². The first-order valence-electron chi connectivity index (χ1n) is 7.25. The minimum Gasteiger partial charge on any atom is -0.318 e. The van der Waals surface area contributed by atoms with Gasteiger partial charge in [0.15, 0.2) is 0 Å². The Morgan fingerprint density at radius 3 is 2.95 bits per heavy atom. The van der Waals surface area contributed by atoms with Crippen LogP contribution < -0.4 is 0 Å². The summed E-state index contributed by atoms with van der Waals surface area (Å²) in [5, 5.41) is 11.8. The van der Waals surface area contributed by atoms with Gasteiger partial charge in [0.1, 0.15) is 5.54 Å². The molecule has 1 aromatic rings. The lowest BCUT2D eigenvalue weighted by Crippen LogP contribution is -2.54. The molecule has 2 heterocycles. The van der Waals surface area contributed by atoms with Gasteiger partial charge in [0, 0.05) is 12.0 Å². The van der Waals surface area contributed by atoms with Gasteiger partial charge in [-0.3, -0.25) is 4.79 Å². The van der Waals surface area contributed by atoms with Gasteiger partial charge in [-0.15, -0.1) is 11.3 Å². The van der Waals surface area contributed by atoms with E-state index >= 15 is 0 Å². The molecular weight excluding hydrogens is 268 g/mol. The van der Waals surface area contributed by atoms with Gasteiger partial charge in [0.2, 0.25) is 0 Å². The molecule has 0 N–H and O–H groups in total. The van der Waals surface area contributed by atoms with Crippen LogP contribution in [0.1, 0.15) is 42.8 Å². The molecule has 104 valence electrons. The van der Waals surface area contributed by atoms with E-state index in [0.717, 1.165) is 24.3 Å². The Morgan fingerprint density at radius 1 is 1.55 bits per heavy atom. The summed E-state index contributed by atoms with van der Waals surface area (Å²) in [5.74, 6) is 0.663. The van der Waals surface area contributed by atoms with Gasteiger partial charge >= 0.3 is 0 Å². The number of nitriles is 1. The van der Waals surface area contributed by atoms with E-state index in [1.807, 2.05) is 22.4 Å². The summed E-state index contributed by atoms with van der Waals surface area (Å²) < 4.78 is 0. The monoisotopic (exact) mass is 286 g/mol. The average Bonchev–Trinajstić information content (AvgIpc) is 3.13. The summed E-state index contributed by atoms with van der Waals surface area (Å²) in [7, 11) is 0. The number of nitrogens with zero attached hydrogens (tertiary/aromatic N) is 2. The minimum absolute atomic E-state index is 0.0354. The SMILES string of the molecule is C[C@@]12CC[C@@H]3C[C@@]1(C#N)N(C(=O)c1cccs1)C[C@@]32C. The summed E-state index contributed by atoms with van der Waals surface area (Å²) in [6.07, 6.45) is 3.17. The van der Waals surface area contributed by atoms with E-state index < -0.39 is 5.54 Å². The molecule has 20 heavy (non-hydrogen) atoms. The topological polar surface area (TPSA) is 44.1 Å². The quantitative estimate of drug-likeness (QED) is 0.795. The maximum absolute atomic E-state index is 12.8. The highest BCUT2D eigenvalue weighted by molar-refractivity contribution is 7.12. The molecule has 1 aromatic heterocycles. The third-order valence-electron chi connectivity index (χ3n) is 6.72. The molecule has 4 heteroatoms. The zero-order valence-corrected chi connectivity index (χ0v) is 12.7. The number of piperidine rings is 1. The molecule has 0 unspecified atom stereocenters. The van der Waals surface area contributed by atoms with Crippen LogP contribution in [0.4, 0.5) is 0 Å². The lowest BCUT2D eigenvalue weighted by Gasteiger charge is -2.42. The van der Waals surface area contributed by atoms with Crippen molar-refractivity contribution in [2.24, 2.45) is 16.7 Å². The molecule has 3 nitrogen and oxygen atoms in total. The largest absolute Gasteiger partial charge is 0.318 e. The molecule has 3 fully saturated rings. The Kier molecular flexibility index (Phi) is 2.14. The van der Waals surface area contributed by atoms with Crippen molar-refractivity contribution in [1.82, 2.24) is 4.90 Å². The van der Waals surface area contributed by atoms with Gasteiger partial charge in [0.25, 0.3) is 5.91 Å². The smallest absolute Gasteiger partial charge is 0.265 e. The summed E-state index contributed by atoms with van der Waals surface area (Å²) >= 11 is 1.47. The number of carbonyl (C=O) groups excluding carboxylic acids is 1. The number of likely N-dealkylation sites (tertiary alicyclic amines) is 1. The molecule has 0 spiro atoms. The van der Waals surface area contributed by atoms with Crippen LogP contribution in [0.5, 0.6) is 0 Å². The van der Waals surface area contributed by atoms with Crippen LogP contribution in [-0.2, 0) is 0 Å². The first-order valence-corrected chi connectivity index (χ1v) is 8.13. The maximum Gasteiger partial charge on any atom is 0.265 e. The normalized spacial score (nSPS) is 44.9. The van der Waals surface area contributed by atoms with Crippen molar-refractivity contribution in [3.05, 3.63) is 22.4 Å². The maximum atomic E-state index is 12.8. The summed E-state index contributed by atoms with van der Waals surface area (Å²) in [6.45, 7) is 5.29. The first-order chi connectivity index (χ1) is 9.48. The van der Waals surface area contributed by atoms with Gasteiger partial charge in [-0.2, -0.15) is 5.26 Å². The third-order valence-corrected chi connectivity index (χ3v) is 7.58. The Labute approximate surface area is 123 Å². The van der Waals surface area contributed by atoms with E-state index in [2.05, 4.69) is 19.9 Å². The highest BCUT2D eigenvalue weighted by atomic mass is 32.1. The number of carbonyl (C=O) groups is 1. The number of hydrogen-bond acceptors (Lipinski definition) is 3. The van der Waals surface area contributed by atoms with Crippen molar-refractivity contribution in [1.29, 1.82) is 5.26 Å². The number of hydrogen-bond donors (Lipinski definition) is 0. The van der Waals surface area contributed by atoms with E-state index in [-0.39, 0.29) is 16.7 Å². The van der Waals surface area contributed by atoms with E-state index in [9.17, 15) is 10.1 Å². The van der Waals surface area contributed by atoms with E-state index in [1.165, 1.54) is 17.8 Å². The Bertz CT molecular complexity index is 633. The van der Waals surface area contributed by atoms with Crippen molar-refractivity contribution < 1.29 is 4.79 Å². The number of thiophene rings is 1. The summed E-state index contributed by atoms with van der Waals surface area (Å²) in [4.78, 5) is 15.5. The Hall–Kier alpha value is -1.34. The second-order valence-corrected chi connectivity index (χ2v) is 7.98. The fourth-order valence-electron chi connectivity index (χ4n) is 5.29. The standard InChI is InChI=1S/C16H18N2OS/c1-14-10-18(13(19)12-4-3-7-20-12)16(9-17)8-11(14)5-6-15(14,16)2/h3-4,7,11H,5-6,8,10H2,1-2H3/t11-,14+,15+,16+/m1/s1. The van der Waals surface area contributed by atoms with Gasteiger partial charge < -0.3 is 4.90 Å². The number of rotatable bonds is 1. The zero-order valence-electron chi connectivity index (χ0n) is 11.8. The molecule has 4 bridgehead atoms. The molecular formula is C16H18N2OS. The van der Waals surface area contributed by atoms with Crippen LogP contribution in [-0.4, -0.2) is 22.9 Å². The third kappa shape index (κ3) is 1.04. The molecule has 0 radical (unpaired) electrons. The predicted molar refractivity (Wildman–Crippen MR) is 77.3 cm³/mol. The fraction of sp³-hybridized carbons (Fsp3) is 0.625. The molecule has 1 aliphatic heterocycles. The van der Waals surface area contributed by atoms with Crippen LogP contribution in [0.2, 0.25) is 0 Å². The van der Waals surface area contributed by atoms with Crippen LogP contribution in [0.15, 0.2) is 17.5 Å². The van der Waals surface area contributed by atoms with Gasteiger partial charge in [-0.05, 0) is 42.0 Å². The van der Waals surface area contributed by atoms with Crippen LogP contribution in [0.25, 0.3) is 0 Å². The highest BCUT2D eigenvalue weighted by Gasteiger charge is 2.78. The fourth-order valence-corrected chi connectivity index (χ4v) is 5.96. The molecule has 4 rings (SSSR count). The molecule has 3 aliphatic rings. The molecule has 2 aliphatic carbocycles. The predicted octanol–water partition coefficient (Wildman–Crippen LogP) is 3.29. The Balaban J connectivity index is 1.82. The van der Waals surface area contributed by atoms with Crippen LogP contribution in [0, 0.1) is 28.1 Å². The zero-order chi connectivity index (χ0) is 14.2. The van der Waals surface area contributed by atoms with Gasteiger partial charge in [-0.1, -0.05) is 19.9 Å². The highest BCUT2D eigenvalue weighted by Crippen LogP contribution is 2.75. The van der Waals surface area contributed by atoms with Crippen molar-refractivity contribution in [2.75, 3.05) is 6.54 Å². The lowest BCUT2D eigenvalue weighted by atomic mass is 9.66. The molecule has 0 aromatic carbocycles. The molecule has 1 amide bonds. The molecule has 4 atom stereocenters. The van der Waals surface area contributed by atoms with Crippen molar-refractivity contribution in [3.8, 4) is 6.07 Å². The number of amides is 1. The van der Waals surface area contributed by atoms with Crippen molar-refractivity contribution in [2.45, 2.75) is 38.6 Å². The van der Waals surface area contributed by atoms with Crippen molar-refractivity contribution in [3.63, 3.8) is 0 Å². The Morgan fingerprint density at radius 2 is 2.35 bits per heavy atom. The molecule has 2 saturated carbocycles. The molecule has 1 saturated heterocycles. The first kappa shape index (κ1) is 12.4. The average molecular weight is 286 g/mol. The van der Waals surface area contributed by atoms with Gasteiger partial charge in [-0.25, -0.2) is 0 Å². The summed E-state index contributed by atoms with van der Waals surface area (Å²) in [5.41, 5.74) is -0.492. The second-order valence-electron chi connectivity index (χ2n) is 7.03. The summed E-state index contributed by atoms with van der Waals surface area (Å²) in [6, 6.07) is 6.34. The van der Waals surface area contributed by atoms with Gasteiger partial charge in [0.05, 0.1) is 10.9 Å². The van der Waals surface area contributed by atoms with E-state index in [0.29, 0.717) is 5.92 Å². The minimum atomic E-state index is -0.578. The second kappa shape index (κ2) is 3.46.